The second kappa shape index (κ2) is 5.92. The van der Waals surface area contributed by atoms with Gasteiger partial charge in [0.25, 0.3) is 0 Å². The summed E-state index contributed by atoms with van der Waals surface area (Å²) in [5.74, 6) is -1.85. The van der Waals surface area contributed by atoms with E-state index in [-0.39, 0.29) is 23.3 Å². The summed E-state index contributed by atoms with van der Waals surface area (Å²) < 4.78 is 22.4. The minimum absolute atomic E-state index is 0. The summed E-state index contributed by atoms with van der Waals surface area (Å²) in [4.78, 5) is 48.5. The Hall–Kier alpha value is 0.220. The normalized spacial score (nSPS) is 24.2. The largest absolute Gasteiger partial charge is 1.00 e. The molecule has 1 fully saturated rings. The van der Waals surface area contributed by atoms with Crippen molar-refractivity contribution in [2.24, 2.45) is 5.92 Å². The van der Waals surface area contributed by atoms with E-state index in [2.05, 4.69) is 0 Å². The molecule has 0 radical (unpaired) electrons. The van der Waals surface area contributed by atoms with Crippen LogP contribution < -0.4 is 12.4 Å². The molecule has 4 N–H and O–H groups in total. The molecule has 0 saturated carbocycles. The van der Waals surface area contributed by atoms with E-state index in [4.69, 9.17) is 19.6 Å². The molecule has 1 saturated heterocycles. The van der Waals surface area contributed by atoms with Crippen LogP contribution in [-0.2, 0) is 13.9 Å². The van der Waals surface area contributed by atoms with Gasteiger partial charge in [-0.3, -0.25) is 13.6 Å². The number of carbonyl (C=O) groups excluding carboxylic acids is 1. The predicted octanol–water partition coefficient (Wildman–Crippen LogP) is -3.32. The van der Waals surface area contributed by atoms with Gasteiger partial charge in [-0.2, -0.15) is 0 Å². The lowest BCUT2D eigenvalue weighted by Gasteiger charge is -2.38. The topological polar surface area (TPSA) is 132 Å². The Bertz CT molecular complexity index is 420. The van der Waals surface area contributed by atoms with E-state index in [9.17, 15) is 13.9 Å². The first-order valence-electron chi connectivity index (χ1n) is 5.35. The molecule has 1 atom stereocenters. The lowest BCUT2D eigenvalue weighted by molar-refractivity contribution is -0.819. The van der Waals surface area contributed by atoms with Crippen LogP contribution in [0.25, 0.3) is 0 Å². The summed E-state index contributed by atoms with van der Waals surface area (Å²) in [6, 6.07) is 0. The Kier molecular flexibility index (Phi) is 5.98. The number of carbonyl (C=O) groups is 1. The number of hydrogen-bond acceptors (Lipinski definition) is 3. The molecule has 1 unspecified atom stereocenters. The lowest BCUT2D eigenvalue weighted by Crippen LogP contribution is -3.00. The summed E-state index contributed by atoms with van der Waals surface area (Å²) in [7, 11) is -6.99. The Balaban J connectivity index is 0.00000324. The predicted molar refractivity (Wildman–Crippen MR) is 62.6 cm³/mol. The average molecular weight is 338 g/mol. The number of amides is 1. The number of piperidine rings is 1. The van der Waals surface area contributed by atoms with Crippen LogP contribution in [0.5, 0.6) is 0 Å². The highest BCUT2D eigenvalue weighted by atomic mass is 35.5. The molecule has 114 valence electrons. The second-order valence-corrected chi connectivity index (χ2v) is 8.96. The summed E-state index contributed by atoms with van der Waals surface area (Å²) in [5, 5.41) is -2.23. The van der Waals surface area contributed by atoms with Gasteiger partial charge in [0.2, 0.25) is 0 Å². The Labute approximate surface area is 117 Å². The molecule has 19 heavy (non-hydrogen) atoms. The number of halogens is 1. The number of quaternary nitrogens is 1. The van der Waals surface area contributed by atoms with Crippen LogP contribution in [0, 0.1) is 5.92 Å². The van der Waals surface area contributed by atoms with Crippen LogP contribution in [0.4, 0.5) is 0 Å². The van der Waals surface area contributed by atoms with Crippen LogP contribution in [0.3, 0.4) is 0 Å². The van der Waals surface area contributed by atoms with Crippen LogP contribution in [-0.4, -0.2) is 56.0 Å². The Morgan fingerprint density at radius 1 is 1.16 bits per heavy atom. The first-order valence-corrected chi connectivity index (χ1v) is 8.71. The maximum Gasteiger partial charge on any atom is 0.341 e. The van der Waals surface area contributed by atoms with Crippen molar-refractivity contribution in [3.05, 3.63) is 0 Å². The molecular formula is C8H18ClNO7P2. The highest BCUT2D eigenvalue weighted by Crippen LogP contribution is 2.64. The molecule has 8 nitrogen and oxygen atoms in total. The maximum absolute atomic E-state index is 12.1. The van der Waals surface area contributed by atoms with Gasteiger partial charge in [0, 0.05) is 0 Å². The third kappa shape index (κ3) is 4.34. The van der Waals surface area contributed by atoms with Crippen molar-refractivity contribution in [3.63, 3.8) is 0 Å². The van der Waals surface area contributed by atoms with E-state index in [0.29, 0.717) is 13.0 Å². The maximum atomic E-state index is 12.1. The fraction of sp³-hybridized carbons (Fsp3) is 0.875. The number of nitrogens with zero attached hydrogens (tertiary/aromatic N) is 1. The van der Waals surface area contributed by atoms with Gasteiger partial charge in [-0.1, -0.05) is 0 Å². The molecule has 1 aliphatic heterocycles. The van der Waals surface area contributed by atoms with E-state index < -0.39 is 32.4 Å². The molecule has 11 heteroatoms. The van der Waals surface area contributed by atoms with Crippen LogP contribution in [0.15, 0.2) is 0 Å². The summed E-state index contributed by atoms with van der Waals surface area (Å²) in [5.41, 5.74) is 0. The van der Waals surface area contributed by atoms with Gasteiger partial charge >= 0.3 is 21.1 Å². The van der Waals surface area contributed by atoms with Crippen LogP contribution in [0.1, 0.15) is 12.8 Å². The third-order valence-electron chi connectivity index (χ3n) is 3.20. The Morgan fingerprint density at radius 2 is 1.58 bits per heavy atom. The molecule has 0 spiro atoms. The van der Waals surface area contributed by atoms with Crippen molar-refractivity contribution in [2.75, 3.05) is 20.6 Å². The van der Waals surface area contributed by atoms with Crippen molar-refractivity contribution < 1.29 is 50.4 Å². The monoisotopic (exact) mass is 337 g/mol. The van der Waals surface area contributed by atoms with Crippen LogP contribution in [0.2, 0.25) is 0 Å². The van der Waals surface area contributed by atoms with Crippen molar-refractivity contribution in [1.29, 1.82) is 0 Å². The number of hydrogen-bond donors (Lipinski definition) is 4. The van der Waals surface area contributed by atoms with E-state index in [1.54, 1.807) is 14.1 Å². The van der Waals surface area contributed by atoms with Crippen molar-refractivity contribution >= 4 is 21.1 Å². The molecule has 1 aliphatic rings. The molecule has 1 amide bonds. The first kappa shape index (κ1) is 19.2. The molecule has 0 aliphatic carbocycles. The molecular weight excluding hydrogens is 319 g/mol. The highest BCUT2D eigenvalue weighted by Gasteiger charge is 2.56. The standard InChI is InChI=1S/C8H17NO7P2.ClH/c1-9(2)5-3-4-6(7(9)10)8(17(11,12)13)18(14,15)16;/h6,8H,3-5H2,1-2H3,(H3-,11,12,13,14,15,16);1H. The third-order valence-corrected chi connectivity index (χ3v) is 7.10. The zero-order valence-electron chi connectivity index (χ0n) is 10.5. The minimum atomic E-state index is -5.05. The molecule has 1 heterocycles. The Morgan fingerprint density at radius 3 is 1.95 bits per heavy atom. The second-order valence-electron chi connectivity index (χ2n) is 5.09. The lowest BCUT2D eigenvalue weighted by atomic mass is 9.97. The molecule has 0 aromatic rings. The number of rotatable bonds is 3. The van der Waals surface area contributed by atoms with Gasteiger partial charge in [0.05, 0.1) is 20.6 Å². The molecule has 1 rings (SSSR count). The van der Waals surface area contributed by atoms with Crippen molar-refractivity contribution in [1.82, 2.24) is 0 Å². The molecule has 0 aromatic carbocycles. The van der Waals surface area contributed by atoms with Crippen molar-refractivity contribution in [3.8, 4) is 0 Å². The summed E-state index contributed by atoms with van der Waals surface area (Å²) in [6.45, 7) is 0.490. The van der Waals surface area contributed by atoms with E-state index in [0.717, 1.165) is 0 Å². The SMILES string of the molecule is C[N+]1(C)CCCC(C(P(=O)(O)O)P(=O)(O)O)C1=O.[Cl-]. The molecule has 0 bridgehead atoms. The quantitative estimate of drug-likeness (QED) is 0.313. The van der Waals surface area contributed by atoms with Gasteiger partial charge in [-0.05, 0) is 12.8 Å². The minimum Gasteiger partial charge on any atom is -1.00 e. The van der Waals surface area contributed by atoms with Gasteiger partial charge in [-0.25, -0.2) is 4.79 Å². The zero-order chi connectivity index (χ0) is 14.4. The van der Waals surface area contributed by atoms with Gasteiger partial charge in [0.1, 0.15) is 5.92 Å². The summed E-state index contributed by atoms with van der Waals surface area (Å²) >= 11 is 0. The van der Waals surface area contributed by atoms with Gasteiger partial charge in [0.15, 0.2) is 5.40 Å². The summed E-state index contributed by atoms with van der Waals surface area (Å²) in [6.07, 6.45) is 0.571. The highest BCUT2D eigenvalue weighted by molar-refractivity contribution is 7.70. The van der Waals surface area contributed by atoms with Gasteiger partial charge in [-0.15, -0.1) is 0 Å². The smallest absolute Gasteiger partial charge is 0.341 e. The van der Waals surface area contributed by atoms with Crippen molar-refractivity contribution in [2.45, 2.75) is 18.2 Å². The van der Waals surface area contributed by atoms with E-state index in [1.165, 1.54) is 0 Å². The fourth-order valence-corrected chi connectivity index (χ4v) is 5.39. The first-order chi connectivity index (χ1) is 7.87. The fourth-order valence-electron chi connectivity index (χ4n) is 2.33. The molecule has 0 aromatic heterocycles. The zero-order valence-corrected chi connectivity index (χ0v) is 13.1. The average Bonchev–Trinajstić information content (AvgIpc) is 2.08. The van der Waals surface area contributed by atoms with E-state index >= 15 is 0 Å². The number of likely N-dealkylation sites (tertiary alicyclic amines) is 1. The van der Waals surface area contributed by atoms with Crippen LogP contribution >= 0.6 is 15.2 Å². The van der Waals surface area contributed by atoms with E-state index in [1.807, 2.05) is 0 Å². The van der Waals surface area contributed by atoms with Gasteiger partial charge < -0.3 is 32.0 Å².